The average Bonchev–Trinajstić information content (AvgIpc) is 2.23. The second kappa shape index (κ2) is 5.69. The summed E-state index contributed by atoms with van der Waals surface area (Å²) in [4.78, 5) is 4.74. The van der Waals surface area contributed by atoms with Crippen LogP contribution in [0.5, 0.6) is 0 Å². The van der Waals surface area contributed by atoms with Crippen molar-refractivity contribution in [2.45, 2.75) is 44.9 Å². The summed E-state index contributed by atoms with van der Waals surface area (Å²) >= 11 is 0. The molecule has 1 aliphatic rings. The summed E-state index contributed by atoms with van der Waals surface area (Å²) in [7, 11) is 0. The van der Waals surface area contributed by atoms with Gasteiger partial charge < -0.3 is 0 Å². The van der Waals surface area contributed by atoms with E-state index in [0.717, 1.165) is 5.69 Å². The Balaban J connectivity index is 2.04. The van der Waals surface area contributed by atoms with E-state index in [-0.39, 0.29) is 0 Å². The molecule has 1 aliphatic carbocycles. The molecule has 2 rings (SSSR count). The molecule has 0 radical (unpaired) electrons. The summed E-state index contributed by atoms with van der Waals surface area (Å²) in [6.45, 7) is 0. The van der Waals surface area contributed by atoms with E-state index in [9.17, 15) is 0 Å². The zero-order chi connectivity index (χ0) is 10.3. The second-order valence-electron chi connectivity index (χ2n) is 4.28. The third-order valence-corrected chi connectivity index (χ3v) is 2.97. The smallest absolute Gasteiger partial charge is 0.0629 e. The number of hydrogen-bond acceptors (Lipinski definition) is 1. The minimum atomic E-state index is 1.12. The maximum atomic E-state index is 4.74. The summed E-state index contributed by atoms with van der Waals surface area (Å²) in [6, 6.07) is 10.3. The van der Waals surface area contributed by atoms with Gasteiger partial charge in [-0.3, -0.25) is 4.99 Å². The van der Waals surface area contributed by atoms with E-state index in [1.54, 1.807) is 0 Å². The summed E-state index contributed by atoms with van der Waals surface area (Å²) in [5, 5.41) is 0. The van der Waals surface area contributed by atoms with Crippen LogP contribution in [0.3, 0.4) is 0 Å². The van der Waals surface area contributed by atoms with Crippen molar-refractivity contribution in [1.29, 1.82) is 0 Å². The van der Waals surface area contributed by atoms with Gasteiger partial charge in [-0.2, -0.15) is 0 Å². The maximum absolute atomic E-state index is 4.74. The Hall–Kier alpha value is -1.11. The Bertz CT molecular complexity index is 303. The van der Waals surface area contributed by atoms with Gasteiger partial charge in [0.1, 0.15) is 0 Å². The van der Waals surface area contributed by atoms with Crippen LogP contribution >= 0.6 is 0 Å². The monoisotopic (exact) mass is 201 g/mol. The highest BCUT2D eigenvalue weighted by Crippen LogP contribution is 2.18. The summed E-state index contributed by atoms with van der Waals surface area (Å²) in [5.41, 5.74) is 2.52. The molecule has 0 aliphatic heterocycles. The number of aliphatic imine (C=N–C) groups is 1. The van der Waals surface area contributed by atoms with Crippen LogP contribution in [0, 0.1) is 0 Å². The van der Waals surface area contributed by atoms with Gasteiger partial charge in [-0.15, -0.1) is 0 Å². The Morgan fingerprint density at radius 1 is 0.733 bits per heavy atom. The predicted octanol–water partition coefficient (Wildman–Crippen LogP) is 4.50. The van der Waals surface area contributed by atoms with Crippen molar-refractivity contribution in [2.75, 3.05) is 0 Å². The molecule has 0 N–H and O–H groups in total. The van der Waals surface area contributed by atoms with Gasteiger partial charge in [0.15, 0.2) is 0 Å². The molecule has 0 aromatic heterocycles. The van der Waals surface area contributed by atoms with E-state index in [4.69, 9.17) is 4.99 Å². The third-order valence-electron chi connectivity index (χ3n) is 2.97. The van der Waals surface area contributed by atoms with Crippen molar-refractivity contribution in [3.05, 3.63) is 30.3 Å². The van der Waals surface area contributed by atoms with E-state index < -0.39 is 0 Å². The van der Waals surface area contributed by atoms with Gasteiger partial charge in [0.25, 0.3) is 0 Å². The normalized spacial score (nSPS) is 18.0. The van der Waals surface area contributed by atoms with Crippen molar-refractivity contribution in [2.24, 2.45) is 4.99 Å². The Kier molecular flexibility index (Phi) is 3.95. The summed E-state index contributed by atoms with van der Waals surface area (Å²) in [6.07, 6.45) is 9.24. The van der Waals surface area contributed by atoms with Gasteiger partial charge in [-0.05, 0) is 37.8 Å². The van der Waals surface area contributed by atoms with Crippen molar-refractivity contribution in [3.8, 4) is 0 Å². The van der Waals surface area contributed by atoms with E-state index in [2.05, 4.69) is 24.3 Å². The molecule has 0 saturated heterocycles. The molecule has 15 heavy (non-hydrogen) atoms. The lowest BCUT2D eigenvalue weighted by atomic mass is 9.99. The largest absolute Gasteiger partial charge is 0.258 e. The van der Waals surface area contributed by atoms with Gasteiger partial charge in [0.05, 0.1) is 5.69 Å². The van der Waals surface area contributed by atoms with Crippen LogP contribution in [0.15, 0.2) is 35.3 Å². The van der Waals surface area contributed by atoms with Gasteiger partial charge in [0, 0.05) is 5.71 Å². The van der Waals surface area contributed by atoms with E-state index in [0.29, 0.717) is 0 Å². The van der Waals surface area contributed by atoms with Crippen LogP contribution < -0.4 is 0 Å². The summed E-state index contributed by atoms with van der Waals surface area (Å²) in [5.74, 6) is 0. The molecule has 0 spiro atoms. The fourth-order valence-electron chi connectivity index (χ4n) is 2.11. The van der Waals surface area contributed by atoms with Crippen LogP contribution in [0.2, 0.25) is 0 Å². The highest BCUT2D eigenvalue weighted by Gasteiger charge is 2.04. The number of nitrogens with zero attached hydrogens (tertiary/aromatic N) is 1. The molecular formula is C14H19N. The van der Waals surface area contributed by atoms with Crippen molar-refractivity contribution in [1.82, 2.24) is 0 Å². The fourth-order valence-corrected chi connectivity index (χ4v) is 2.11. The van der Waals surface area contributed by atoms with Crippen LogP contribution in [-0.4, -0.2) is 5.71 Å². The van der Waals surface area contributed by atoms with Crippen LogP contribution in [0.25, 0.3) is 0 Å². The molecule has 1 nitrogen and oxygen atoms in total. The zero-order valence-electron chi connectivity index (χ0n) is 9.28. The number of hydrogen-bond donors (Lipinski definition) is 0. The lowest BCUT2D eigenvalue weighted by Crippen LogP contribution is -2.01. The second-order valence-corrected chi connectivity index (χ2v) is 4.28. The number of benzene rings is 1. The molecule has 0 bridgehead atoms. The lowest BCUT2D eigenvalue weighted by molar-refractivity contribution is 0.607. The topological polar surface area (TPSA) is 12.4 Å². The standard InChI is InChI=1S/C14H19N/c1-2-5-9-13(10-6-3-1)15-14-11-7-4-8-12-14/h4,7-8,11-12H,1-3,5-6,9-10H2. The van der Waals surface area contributed by atoms with Gasteiger partial charge in [-0.1, -0.05) is 37.5 Å². The molecule has 1 saturated carbocycles. The highest BCUT2D eigenvalue weighted by molar-refractivity contribution is 5.86. The Morgan fingerprint density at radius 3 is 2.00 bits per heavy atom. The first kappa shape index (κ1) is 10.4. The van der Waals surface area contributed by atoms with Gasteiger partial charge in [-0.25, -0.2) is 0 Å². The van der Waals surface area contributed by atoms with Gasteiger partial charge in [0.2, 0.25) is 0 Å². The molecule has 0 atom stereocenters. The molecule has 0 amide bonds. The molecule has 1 fully saturated rings. The third kappa shape index (κ3) is 3.50. The first-order valence-electron chi connectivity index (χ1n) is 6.07. The molecule has 1 aromatic rings. The van der Waals surface area contributed by atoms with Crippen molar-refractivity contribution in [3.63, 3.8) is 0 Å². The van der Waals surface area contributed by atoms with E-state index >= 15 is 0 Å². The molecule has 80 valence electrons. The van der Waals surface area contributed by atoms with Crippen LogP contribution in [0.4, 0.5) is 5.69 Å². The van der Waals surface area contributed by atoms with Crippen molar-refractivity contribution < 1.29 is 0 Å². The first-order chi connectivity index (χ1) is 7.45. The van der Waals surface area contributed by atoms with Crippen LogP contribution in [-0.2, 0) is 0 Å². The minimum Gasteiger partial charge on any atom is -0.258 e. The molecule has 0 heterocycles. The molecule has 1 aromatic carbocycles. The summed E-state index contributed by atoms with van der Waals surface area (Å²) < 4.78 is 0. The molecular weight excluding hydrogens is 182 g/mol. The fraction of sp³-hybridized carbons (Fsp3) is 0.500. The Labute approximate surface area is 92.2 Å². The SMILES string of the molecule is c1ccc(N=C2CCCCCCC2)cc1. The Morgan fingerprint density at radius 2 is 1.33 bits per heavy atom. The quantitative estimate of drug-likeness (QED) is 0.634. The van der Waals surface area contributed by atoms with Crippen molar-refractivity contribution >= 4 is 11.4 Å². The van der Waals surface area contributed by atoms with Gasteiger partial charge >= 0.3 is 0 Å². The van der Waals surface area contributed by atoms with E-state index in [1.807, 2.05) is 6.07 Å². The highest BCUT2D eigenvalue weighted by atomic mass is 14.7. The maximum Gasteiger partial charge on any atom is 0.0629 e. The first-order valence-corrected chi connectivity index (χ1v) is 6.07. The molecule has 0 unspecified atom stereocenters. The number of rotatable bonds is 1. The van der Waals surface area contributed by atoms with E-state index in [1.165, 1.54) is 50.7 Å². The predicted molar refractivity (Wildman–Crippen MR) is 65.9 cm³/mol. The molecule has 1 heteroatoms. The number of para-hydroxylation sites is 1. The average molecular weight is 201 g/mol. The minimum absolute atomic E-state index is 1.12. The van der Waals surface area contributed by atoms with Crippen LogP contribution in [0.1, 0.15) is 44.9 Å². The zero-order valence-corrected chi connectivity index (χ0v) is 9.28. The lowest BCUT2D eigenvalue weighted by Gasteiger charge is -2.10.